The third-order valence-corrected chi connectivity index (χ3v) is 6.85. The molecule has 1 aromatic carbocycles. The summed E-state index contributed by atoms with van der Waals surface area (Å²) in [6, 6.07) is 9.22. The number of anilines is 2. The van der Waals surface area contributed by atoms with Gasteiger partial charge in [-0.15, -0.1) is 5.10 Å². The number of nitrogens with zero attached hydrogens (tertiary/aromatic N) is 5. The summed E-state index contributed by atoms with van der Waals surface area (Å²) in [4.78, 5) is 18.5. The second kappa shape index (κ2) is 8.93. The fourth-order valence-electron chi connectivity index (χ4n) is 3.92. The molecule has 156 valence electrons. The number of piperidine rings is 1. The summed E-state index contributed by atoms with van der Waals surface area (Å²) in [5.41, 5.74) is 2.60. The van der Waals surface area contributed by atoms with Gasteiger partial charge in [-0.25, -0.2) is 4.68 Å². The number of carbonyl (C=O) groups excluding carboxylic acids is 1. The van der Waals surface area contributed by atoms with E-state index in [0.717, 1.165) is 24.5 Å². The van der Waals surface area contributed by atoms with E-state index in [1.54, 1.807) is 11.8 Å². The monoisotopic (exact) mass is 431 g/mol. The summed E-state index contributed by atoms with van der Waals surface area (Å²) in [6.07, 6.45) is 6.05. The molecule has 1 saturated heterocycles. The molecule has 0 N–H and O–H groups in total. The molecule has 1 saturated carbocycles. The molecule has 2 aliphatic rings. The second-order valence-electron chi connectivity index (χ2n) is 8.14. The number of benzene rings is 1. The van der Waals surface area contributed by atoms with Crippen LogP contribution in [-0.2, 0) is 18.0 Å². The Morgan fingerprint density at radius 3 is 2.52 bits per heavy atom. The third-order valence-electron chi connectivity index (χ3n) is 5.54. The Kier molecular flexibility index (Phi) is 6.32. The van der Waals surface area contributed by atoms with Crippen molar-refractivity contribution >= 4 is 40.3 Å². The molecule has 0 radical (unpaired) electrons. The van der Waals surface area contributed by atoms with Crippen LogP contribution in [0.5, 0.6) is 0 Å². The van der Waals surface area contributed by atoms with Gasteiger partial charge in [0.25, 0.3) is 0 Å². The van der Waals surface area contributed by atoms with Crippen molar-refractivity contribution in [1.82, 2.24) is 14.7 Å². The highest BCUT2D eigenvalue weighted by Gasteiger charge is 2.34. The molecule has 0 spiro atoms. The smallest absolute Gasteiger partial charge is 0.225 e. The average molecular weight is 432 g/mol. The highest BCUT2D eigenvalue weighted by Crippen LogP contribution is 2.33. The first-order valence-electron chi connectivity index (χ1n) is 10.4. The van der Waals surface area contributed by atoms with Gasteiger partial charge >= 0.3 is 0 Å². The highest BCUT2D eigenvalue weighted by molar-refractivity contribution is 7.73. The van der Waals surface area contributed by atoms with Crippen molar-refractivity contribution in [2.24, 2.45) is 0 Å². The van der Waals surface area contributed by atoms with Crippen LogP contribution < -0.4 is 9.80 Å². The van der Waals surface area contributed by atoms with Gasteiger partial charge in [0.2, 0.25) is 11.0 Å². The van der Waals surface area contributed by atoms with E-state index >= 15 is 0 Å². The molecule has 0 bridgehead atoms. The van der Waals surface area contributed by atoms with E-state index in [0.29, 0.717) is 16.7 Å². The van der Waals surface area contributed by atoms with E-state index in [1.807, 2.05) is 4.68 Å². The number of hydrogen-bond donors (Lipinski definition) is 0. The summed E-state index contributed by atoms with van der Waals surface area (Å²) in [5.74, 6) is 0.0468. The van der Waals surface area contributed by atoms with Crippen LogP contribution in [0, 0.1) is 3.95 Å². The first-order chi connectivity index (χ1) is 14.0. The Labute approximate surface area is 181 Å². The van der Waals surface area contributed by atoms with Crippen molar-refractivity contribution < 1.29 is 4.79 Å². The van der Waals surface area contributed by atoms with Gasteiger partial charge < -0.3 is 4.90 Å². The van der Waals surface area contributed by atoms with Gasteiger partial charge in [-0.2, -0.15) is 0 Å². The van der Waals surface area contributed by atoms with E-state index in [9.17, 15) is 4.79 Å². The van der Waals surface area contributed by atoms with Crippen molar-refractivity contribution in [3.8, 4) is 0 Å². The zero-order valence-corrected chi connectivity index (χ0v) is 18.8. The lowest BCUT2D eigenvalue weighted by molar-refractivity contribution is -0.116. The van der Waals surface area contributed by atoms with Gasteiger partial charge in [0.15, 0.2) is 3.95 Å². The third kappa shape index (κ3) is 5.05. The minimum absolute atomic E-state index is 0.0468. The Morgan fingerprint density at radius 2 is 1.90 bits per heavy atom. The largest absolute Gasteiger partial charge is 0.372 e. The van der Waals surface area contributed by atoms with E-state index in [1.165, 1.54) is 54.9 Å². The molecule has 2 fully saturated rings. The molecule has 0 atom stereocenters. The molecular formula is C21H29N5OS2. The standard InChI is InChI=1S/C21H29N5OS2/c1-16(27)26(19-10-11-19)20-22-25(21(28)29-20)15-23(2)14-17-6-8-18(9-7-17)24-12-4-3-5-13-24/h6-9,19H,3-5,10-15H2,1-2H3. The first kappa shape index (κ1) is 20.5. The van der Waals surface area contributed by atoms with Crippen molar-refractivity contribution in [2.45, 2.75) is 58.3 Å². The molecule has 4 rings (SSSR count). The zero-order chi connectivity index (χ0) is 20.4. The summed E-state index contributed by atoms with van der Waals surface area (Å²) >= 11 is 6.93. The predicted molar refractivity (Wildman–Crippen MR) is 121 cm³/mol. The number of hydrogen-bond acceptors (Lipinski definition) is 6. The van der Waals surface area contributed by atoms with Crippen LogP contribution in [-0.4, -0.2) is 46.8 Å². The summed E-state index contributed by atoms with van der Waals surface area (Å²) in [5, 5.41) is 5.36. The van der Waals surface area contributed by atoms with E-state index in [-0.39, 0.29) is 5.91 Å². The molecule has 2 heterocycles. The zero-order valence-electron chi connectivity index (χ0n) is 17.2. The van der Waals surface area contributed by atoms with Gasteiger partial charge in [-0.1, -0.05) is 23.5 Å². The Bertz CT molecular complexity index is 897. The minimum Gasteiger partial charge on any atom is -0.372 e. The van der Waals surface area contributed by atoms with Gasteiger partial charge in [0, 0.05) is 38.3 Å². The lowest BCUT2D eigenvalue weighted by Gasteiger charge is -2.29. The van der Waals surface area contributed by atoms with E-state index in [2.05, 4.69) is 46.2 Å². The Balaban J connectivity index is 1.37. The Morgan fingerprint density at radius 1 is 1.21 bits per heavy atom. The number of rotatable bonds is 7. The van der Waals surface area contributed by atoms with Crippen molar-refractivity contribution in [1.29, 1.82) is 0 Å². The van der Waals surface area contributed by atoms with Crippen molar-refractivity contribution in [3.63, 3.8) is 0 Å². The molecule has 1 aliphatic carbocycles. The highest BCUT2D eigenvalue weighted by atomic mass is 32.1. The summed E-state index contributed by atoms with van der Waals surface area (Å²) < 4.78 is 2.54. The summed E-state index contributed by atoms with van der Waals surface area (Å²) in [6.45, 7) is 5.38. The maximum atomic E-state index is 12.0. The lowest BCUT2D eigenvalue weighted by atomic mass is 10.1. The van der Waals surface area contributed by atoms with E-state index in [4.69, 9.17) is 12.2 Å². The molecule has 1 aromatic heterocycles. The van der Waals surface area contributed by atoms with Crippen LogP contribution >= 0.6 is 23.6 Å². The molecule has 8 heteroatoms. The molecule has 6 nitrogen and oxygen atoms in total. The maximum Gasteiger partial charge on any atom is 0.225 e. The number of carbonyl (C=O) groups is 1. The second-order valence-corrected chi connectivity index (χ2v) is 9.74. The van der Waals surface area contributed by atoms with Crippen molar-refractivity contribution in [2.75, 3.05) is 29.9 Å². The van der Waals surface area contributed by atoms with Gasteiger partial charge in [-0.3, -0.25) is 14.6 Å². The van der Waals surface area contributed by atoms with E-state index < -0.39 is 0 Å². The molecule has 0 unspecified atom stereocenters. The average Bonchev–Trinajstić information content (AvgIpc) is 3.47. The number of amides is 1. The van der Waals surface area contributed by atoms with Crippen LogP contribution in [0.15, 0.2) is 24.3 Å². The van der Waals surface area contributed by atoms with Crippen LogP contribution in [0.1, 0.15) is 44.6 Å². The van der Waals surface area contributed by atoms with Gasteiger partial charge in [0.1, 0.15) is 0 Å². The molecule has 2 aromatic rings. The predicted octanol–water partition coefficient (Wildman–Crippen LogP) is 4.27. The van der Waals surface area contributed by atoms with Gasteiger partial charge in [0.05, 0.1) is 6.67 Å². The quantitative estimate of drug-likeness (QED) is 0.613. The first-order valence-corrected chi connectivity index (χ1v) is 11.6. The topological polar surface area (TPSA) is 44.6 Å². The van der Waals surface area contributed by atoms with Gasteiger partial charge in [-0.05, 0) is 69.1 Å². The minimum atomic E-state index is 0.0468. The van der Waals surface area contributed by atoms with Crippen LogP contribution in [0.25, 0.3) is 0 Å². The van der Waals surface area contributed by atoms with Crippen molar-refractivity contribution in [3.05, 3.63) is 33.8 Å². The van der Waals surface area contributed by atoms with Crippen LogP contribution in [0.4, 0.5) is 10.8 Å². The SMILES string of the molecule is CC(=O)N(c1nn(CN(C)Cc2ccc(N3CCCCC3)cc2)c(=S)s1)C1CC1. The fourth-order valence-corrected chi connectivity index (χ4v) is 5.11. The molecular weight excluding hydrogens is 402 g/mol. The normalized spacial score (nSPS) is 17.0. The lowest BCUT2D eigenvalue weighted by Crippen LogP contribution is -2.31. The Hall–Kier alpha value is -1.77. The number of aromatic nitrogens is 2. The molecule has 29 heavy (non-hydrogen) atoms. The summed E-state index contributed by atoms with van der Waals surface area (Å²) in [7, 11) is 2.07. The van der Waals surface area contributed by atoms with Crippen LogP contribution in [0.3, 0.4) is 0 Å². The molecule has 1 aliphatic heterocycles. The molecule has 1 amide bonds. The van der Waals surface area contributed by atoms with Crippen LogP contribution in [0.2, 0.25) is 0 Å². The maximum absolute atomic E-state index is 12.0. The fraction of sp³-hybridized carbons (Fsp3) is 0.571.